The van der Waals surface area contributed by atoms with E-state index in [9.17, 15) is 0 Å². The number of benzene rings is 1. The van der Waals surface area contributed by atoms with Crippen molar-refractivity contribution in [2.24, 2.45) is 0 Å². The molecule has 1 N–H and O–H groups in total. The molecule has 1 saturated carbocycles. The summed E-state index contributed by atoms with van der Waals surface area (Å²) in [5.74, 6) is 0. The van der Waals surface area contributed by atoms with Gasteiger partial charge in [0.2, 0.25) is 0 Å². The maximum atomic E-state index is 5.69. The van der Waals surface area contributed by atoms with E-state index in [1.54, 1.807) is 6.20 Å². The summed E-state index contributed by atoms with van der Waals surface area (Å²) in [6.07, 6.45) is 6.15. The first kappa shape index (κ1) is 15.0. The van der Waals surface area contributed by atoms with Gasteiger partial charge in [0.1, 0.15) is 0 Å². The van der Waals surface area contributed by atoms with E-state index in [4.69, 9.17) is 12.2 Å². The van der Waals surface area contributed by atoms with Crippen molar-refractivity contribution in [3.8, 4) is 0 Å². The van der Waals surface area contributed by atoms with Crippen molar-refractivity contribution in [3.05, 3.63) is 59.4 Å². The molecule has 1 aromatic carbocycles. The number of nitrogens with zero attached hydrogens (tertiary/aromatic N) is 2. The minimum atomic E-state index is 0.560. The Kier molecular flexibility index (Phi) is 4.39. The lowest BCUT2D eigenvalue weighted by atomic mass is 10.1. The molecule has 1 aliphatic carbocycles. The minimum absolute atomic E-state index is 0.560. The minimum Gasteiger partial charge on any atom is -0.342 e. The van der Waals surface area contributed by atoms with E-state index in [-0.39, 0.29) is 0 Å². The van der Waals surface area contributed by atoms with Gasteiger partial charge in [-0.05, 0) is 61.7 Å². The van der Waals surface area contributed by atoms with Crippen LogP contribution in [0.25, 0.3) is 0 Å². The predicted molar refractivity (Wildman–Crippen MR) is 94.9 cm³/mol. The van der Waals surface area contributed by atoms with Gasteiger partial charge in [-0.3, -0.25) is 4.98 Å². The fourth-order valence-electron chi connectivity index (χ4n) is 2.63. The Hall–Kier alpha value is -1.94. The van der Waals surface area contributed by atoms with E-state index in [0.29, 0.717) is 6.04 Å². The van der Waals surface area contributed by atoms with Crippen molar-refractivity contribution < 1.29 is 0 Å². The second kappa shape index (κ2) is 6.44. The molecule has 1 heterocycles. The molecule has 0 radical (unpaired) electrons. The smallest absolute Gasteiger partial charge is 0.173 e. The molecule has 1 fully saturated rings. The highest BCUT2D eigenvalue weighted by Crippen LogP contribution is 2.30. The van der Waals surface area contributed by atoms with E-state index in [1.807, 2.05) is 12.3 Å². The zero-order valence-corrected chi connectivity index (χ0v) is 13.9. The van der Waals surface area contributed by atoms with Gasteiger partial charge in [-0.25, -0.2) is 0 Å². The number of thiocarbonyl (C=S) groups is 1. The molecule has 1 aliphatic rings. The maximum absolute atomic E-state index is 5.69. The first-order valence-corrected chi connectivity index (χ1v) is 8.08. The molecule has 0 bridgehead atoms. The lowest BCUT2D eigenvalue weighted by Gasteiger charge is -2.27. The summed E-state index contributed by atoms with van der Waals surface area (Å²) in [6.45, 7) is 5.04. The van der Waals surface area contributed by atoms with E-state index in [0.717, 1.165) is 17.3 Å². The Balaban J connectivity index is 1.76. The first-order chi connectivity index (χ1) is 10.6. The normalized spacial score (nSPS) is 13.7. The molecule has 1 aromatic heterocycles. The van der Waals surface area contributed by atoms with Crippen LogP contribution in [0.15, 0.2) is 42.7 Å². The highest BCUT2D eigenvalue weighted by atomic mass is 32.1. The summed E-state index contributed by atoms with van der Waals surface area (Å²) in [7, 11) is 0. The Labute approximate surface area is 137 Å². The fourth-order valence-corrected chi connectivity index (χ4v) is 2.95. The zero-order chi connectivity index (χ0) is 15.5. The first-order valence-electron chi connectivity index (χ1n) is 7.68. The molecule has 0 atom stereocenters. The van der Waals surface area contributed by atoms with E-state index in [1.165, 1.54) is 29.5 Å². The Morgan fingerprint density at radius 3 is 2.55 bits per heavy atom. The van der Waals surface area contributed by atoms with Crippen molar-refractivity contribution in [2.45, 2.75) is 39.3 Å². The van der Waals surface area contributed by atoms with Gasteiger partial charge in [-0.2, -0.15) is 0 Å². The molecular formula is C18H21N3S. The number of anilines is 1. The average Bonchev–Trinajstić information content (AvgIpc) is 3.34. The molecule has 0 aliphatic heterocycles. The summed E-state index contributed by atoms with van der Waals surface area (Å²) >= 11 is 5.69. The van der Waals surface area contributed by atoms with Gasteiger partial charge in [0.15, 0.2) is 5.11 Å². The number of hydrogen-bond donors (Lipinski definition) is 1. The Morgan fingerprint density at radius 2 is 1.95 bits per heavy atom. The second-order valence-electron chi connectivity index (χ2n) is 5.92. The summed E-state index contributed by atoms with van der Waals surface area (Å²) in [5.41, 5.74) is 4.77. The standard InChI is InChI=1S/C18H21N3S/c1-13-5-3-6-14(2)17(13)20-18(22)21(16-8-9-16)12-15-7-4-10-19-11-15/h3-7,10-11,16H,8-9,12H2,1-2H3,(H,20,22). The maximum Gasteiger partial charge on any atom is 0.173 e. The molecular weight excluding hydrogens is 290 g/mol. The third kappa shape index (κ3) is 3.45. The van der Waals surface area contributed by atoms with Gasteiger partial charge in [-0.1, -0.05) is 24.3 Å². The number of pyridine rings is 1. The van der Waals surface area contributed by atoms with Crippen molar-refractivity contribution >= 4 is 23.0 Å². The Bertz CT molecular complexity index is 645. The van der Waals surface area contributed by atoms with Crippen LogP contribution in [0.2, 0.25) is 0 Å². The number of hydrogen-bond acceptors (Lipinski definition) is 2. The van der Waals surface area contributed by atoms with Gasteiger partial charge >= 0.3 is 0 Å². The second-order valence-corrected chi connectivity index (χ2v) is 6.30. The fraction of sp³-hybridized carbons (Fsp3) is 0.333. The van der Waals surface area contributed by atoms with Gasteiger partial charge in [0.25, 0.3) is 0 Å². The number of para-hydroxylation sites is 1. The molecule has 0 unspecified atom stereocenters. The van der Waals surface area contributed by atoms with Crippen LogP contribution in [0.3, 0.4) is 0 Å². The van der Waals surface area contributed by atoms with Crippen LogP contribution in [0.4, 0.5) is 5.69 Å². The van der Waals surface area contributed by atoms with Crippen molar-refractivity contribution in [1.82, 2.24) is 9.88 Å². The molecule has 22 heavy (non-hydrogen) atoms. The molecule has 4 heteroatoms. The van der Waals surface area contributed by atoms with Crippen molar-refractivity contribution in [2.75, 3.05) is 5.32 Å². The van der Waals surface area contributed by atoms with Gasteiger partial charge in [0, 0.05) is 30.7 Å². The number of aryl methyl sites for hydroxylation is 2. The van der Waals surface area contributed by atoms with Crippen molar-refractivity contribution in [1.29, 1.82) is 0 Å². The molecule has 0 amide bonds. The largest absolute Gasteiger partial charge is 0.342 e. The van der Waals surface area contributed by atoms with Crippen LogP contribution >= 0.6 is 12.2 Å². The molecule has 0 saturated heterocycles. The SMILES string of the molecule is Cc1cccc(C)c1NC(=S)N(Cc1cccnc1)C1CC1. The lowest BCUT2D eigenvalue weighted by molar-refractivity contribution is 0.409. The predicted octanol–water partition coefficient (Wildman–Crippen LogP) is 4.06. The molecule has 0 spiro atoms. The van der Waals surface area contributed by atoms with Crippen LogP contribution in [-0.2, 0) is 6.54 Å². The van der Waals surface area contributed by atoms with Crippen molar-refractivity contribution in [3.63, 3.8) is 0 Å². The van der Waals surface area contributed by atoms with Gasteiger partial charge in [-0.15, -0.1) is 0 Å². The topological polar surface area (TPSA) is 28.2 Å². The highest BCUT2D eigenvalue weighted by Gasteiger charge is 2.31. The highest BCUT2D eigenvalue weighted by molar-refractivity contribution is 7.80. The van der Waals surface area contributed by atoms with Crippen LogP contribution in [0.1, 0.15) is 29.5 Å². The molecule has 3 rings (SSSR count). The van der Waals surface area contributed by atoms with Crippen LogP contribution in [0, 0.1) is 13.8 Å². The summed E-state index contributed by atoms with van der Waals surface area (Å²) in [4.78, 5) is 6.49. The molecule has 3 nitrogen and oxygen atoms in total. The van der Waals surface area contributed by atoms with E-state index < -0.39 is 0 Å². The Morgan fingerprint density at radius 1 is 1.23 bits per heavy atom. The number of aromatic nitrogens is 1. The van der Waals surface area contributed by atoms with E-state index in [2.05, 4.69) is 53.3 Å². The summed E-state index contributed by atoms with van der Waals surface area (Å²) < 4.78 is 0. The van der Waals surface area contributed by atoms with Crippen LogP contribution in [-0.4, -0.2) is 21.0 Å². The number of nitrogens with one attached hydrogen (secondary N) is 1. The van der Waals surface area contributed by atoms with Gasteiger partial charge < -0.3 is 10.2 Å². The number of rotatable bonds is 4. The molecule has 2 aromatic rings. The third-order valence-electron chi connectivity index (χ3n) is 4.04. The van der Waals surface area contributed by atoms with Crippen LogP contribution < -0.4 is 5.32 Å². The third-order valence-corrected chi connectivity index (χ3v) is 4.37. The lowest BCUT2D eigenvalue weighted by Crippen LogP contribution is -2.36. The van der Waals surface area contributed by atoms with Gasteiger partial charge in [0.05, 0.1) is 0 Å². The average molecular weight is 311 g/mol. The van der Waals surface area contributed by atoms with Crippen LogP contribution in [0.5, 0.6) is 0 Å². The summed E-state index contributed by atoms with van der Waals surface area (Å²) in [6, 6.07) is 10.9. The van der Waals surface area contributed by atoms with E-state index >= 15 is 0 Å². The zero-order valence-electron chi connectivity index (χ0n) is 13.0. The monoisotopic (exact) mass is 311 g/mol. The molecule has 114 valence electrons. The summed E-state index contributed by atoms with van der Waals surface area (Å²) in [5, 5.41) is 4.27. The quantitative estimate of drug-likeness (QED) is 0.862.